The molecule has 8 nitrogen and oxygen atoms in total. The van der Waals surface area contributed by atoms with Crippen LogP contribution in [0.5, 0.6) is 0 Å². The number of anilines is 2. The van der Waals surface area contributed by atoms with E-state index >= 15 is 0 Å². The maximum Gasteiger partial charge on any atom is 0.322 e. The predicted molar refractivity (Wildman–Crippen MR) is 127 cm³/mol. The minimum atomic E-state index is -0.276. The molecule has 3 fully saturated rings. The molecular weight excluding hydrogens is 440 g/mol. The van der Waals surface area contributed by atoms with Gasteiger partial charge in [-0.25, -0.2) is 14.8 Å². The summed E-state index contributed by atoms with van der Waals surface area (Å²) in [5, 5.41) is 3.01. The fraction of sp³-hybridized carbons (Fsp3) is 0.500. The van der Waals surface area contributed by atoms with Crippen molar-refractivity contribution < 1.29 is 9.59 Å². The molecule has 2 aromatic rings. The van der Waals surface area contributed by atoms with Gasteiger partial charge in [0.2, 0.25) is 11.2 Å². The summed E-state index contributed by atoms with van der Waals surface area (Å²) in [6.07, 6.45) is 7.57. The van der Waals surface area contributed by atoms with Crippen LogP contribution in [0.4, 0.5) is 16.4 Å². The molecule has 1 saturated heterocycles. The van der Waals surface area contributed by atoms with Gasteiger partial charge in [0.05, 0.1) is 30.2 Å². The lowest BCUT2D eigenvalue weighted by molar-refractivity contribution is -0.112. The molecule has 2 atom stereocenters. The van der Waals surface area contributed by atoms with Crippen LogP contribution in [0.25, 0.3) is 0 Å². The first kappa shape index (κ1) is 22.1. The molecule has 2 heterocycles. The second-order valence-corrected chi connectivity index (χ2v) is 10.3. The highest BCUT2D eigenvalue weighted by atomic mass is 35.5. The lowest BCUT2D eigenvalue weighted by atomic mass is 9.68. The van der Waals surface area contributed by atoms with Crippen LogP contribution in [0.3, 0.4) is 0 Å². The minimum absolute atomic E-state index is 0.0520. The molecule has 2 saturated carbocycles. The molecule has 1 aromatic carbocycles. The molecule has 33 heavy (non-hydrogen) atoms. The van der Waals surface area contributed by atoms with Gasteiger partial charge in [-0.05, 0) is 74.8 Å². The van der Waals surface area contributed by atoms with Crippen molar-refractivity contribution in [3.05, 3.63) is 47.8 Å². The molecule has 1 aliphatic heterocycles. The number of hydrogen-bond acceptors (Lipinski definition) is 6. The summed E-state index contributed by atoms with van der Waals surface area (Å²) < 4.78 is 0. The summed E-state index contributed by atoms with van der Waals surface area (Å²) in [7, 11) is 4.25. The smallest absolute Gasteiger partial charge is 0.322 e. The fourth-order valence-corrected chi connectivity index (χ4v) is 5.92. The topological polar surface area (TPSA) is 104 Å². The largest absolute Gasteiger partial charge is 0.368 e. The van der Waals surface area contributed by atoms with Gasteiger partial charge in [0.1, 0.15) is 0 Å². The Morgan fingerprint density at radius 2 is 1.91 bits per heavy atom. The first-order valence-corrected chi connectivity index (χ1v) is 11.8. The Labute approximate surface area is 198 Å². The Bertz CT molecular complexity index is 1080. The molecule has 1 spiro atoms. The zero-order valence-electron chi connectivity index (χ0n) is 18.9. The van der Waals surface area contributed by atoms with E-state index in [1.54, 1.807) is 17.3 Å². The van der Waals surface area contributed by atoms with Crippen LogP contribution in [-0.4, -0.2) is 52.3 Å². The van der Waals surface area contributed by atoms with Gasteiger partial charge in [-0.1, -0.05) is 24.3 Å². The summed E-state index contributed by atoms with van der Waals surface area (Å²) in [5.41, 5.74) is 8.31. The maximum absolute atomic E-state index is 12.8. The van der Waals surface area contributed by atoms with Crippen LogP contribution in [0.2, 0.25) is 0 Å². The van der Waals surface area contributed by atoms with Gasteiger partial charge in [0.25, 0.3) is 0 Å². The van der Waals surface area contributed by atoms with Crippen molar-refractivity contribution in [3.63, 3.8) is 0 Å². The Morgan fingerprint density at radius 1 is 1.21 bits per heavy atom. The van der Waals surface area contributed by atoms with Crippen LogP contribution >= 0.6 is 11.6 Å². The molecule has 9 heteroatoms. The van der Waals surface area contributed by atoms with Crippen molar-refractivity contribution in [2.75, 3.05) is 31.3 Å². The zero-order valence-corrected chi connectivity index (χ0v) is 19.7. The normalized spacial score (nSPS) is 31.2. The Balaban J connectivity index is 1.35. The highest BCUT2D eigenvalue weighted by Gasteiger charge is 2.51. The number of nitrogens with two attached hydrogens (primary N) is 1. The third kappa shape index (κ3) is 3.85. The van der Waals surface area contributed by atoms with Crippen LogP contribution < -0.4 is 16.0 Å². The van der Waals surface area contributed by atoms with Gasteiger partial charge in [-0.3, -0.25) is 14.6 Å². The van der Waals surface area contributed by atoms with E-state index in [0.717, 1.165) is 32.1 Å². The maximum atomic E-state index is 12.8. The second-order valence-electron chi connectivity index (χ2n) is 9.90. The molecule has 3 aliphatic rings. The molecule has 2 aliphatic carbocycles. The van der Waals surface area contributed by atoms with Crippen molar-refractivity contribution in [1.82, 2.24) is 20.2 Å². The van der Waals surface area contributed by atoms with Crippen LogP contribution in [-0.2, 0) is 10.3 Å². The quantitative estimate of drug-likeness (QED) is 0.653. The number of nitrogens with one attached hydrogen (secondary N) is 1. The molecule has 5 rings (SSSR count). The van der Waals surface area contributed by atoms with Gasteiger partial charge in [0, 0.05) is 11.5 Å². The van der Waals surface area contributed by atoms with E-state index in [0.29, 0.717) is 12.2 Å². The van der Waals surface area contributed by atoms with Crippen LogP contribution in [0, 0.1) is 5.92 Å². The summed E-state index contributed by atoms with van der Waals surface area (Å²) in [5.74, 6) is 0.370. The average molecular weight is 469 g/mol. The van der Waals surface area contributed by atoms with E-state index in [1.165, 1.54) is 11.1 Å². The number of rotatable bonds is 5. The lowest BCUT2D eigenvalue weighted by Gasteiger charge is -2.48. The number of carbonyl (C=O) groups excluding carboxylic acids is 2. The van der Waals surface area contributed by atoms with Crippen molar-refractivity contribution >= 4 is 34.5 Å². The standard InChI is InChI=1S/C24H29ClN6O2/c1-30(2)24(16-5-3-4-15(10-16)18-11-19(18)20(25)32)8-6-23(7-9-24)14-31(22(33)29-23)17-12-27-21(26)28-13-17/h3-5,10,12-13,18-19H,6-9,11,14H2,1-2H3,(H,29,33)(H2,26,27,28)/t18?,19?,23-,24+. The third-order valence-corrected chi connectivity index (χ3v) is 8.15. The van der Waals surface area contributed by atoms with Gasteiger partial charge in [0.15, 0.2) is 0 Å². The average Bonchev–Trinajstić information content (AvgIpc) is 3.54. The third-order valence-electron chi connectivity index (χ3n) is 7.87. The molecular formula is C24H29ClN6O2. The zero-order chi connectivity index (χ0) is 23.4. The molecule has 3 N–H and O–H groups in total. The number of benzene rings is 1. The van der Waals surface area contributed by atoms with Gasteiger partial charge >= 0.3 is 6.03 Å². The summed E-state index contributed by atoms with van der Waals surface area (Å²) in [6.45, 7) is 0.588. The fourth-order valence-electron chi connectivity index (χ4n) is 5.68. The van der Waals surface area contributed by atoms with E-state index in [1.807, 2.05) is 0 Å². The van der Waals surface area contributed by atoms with Gasteiger partial charge in [-0.2, -0.15) is 0 Å². The SMILES string of the molecule is CN(C)[C@]1(c2cccc(C3CC3C(=O)Cl)c2)CC[C@]2(CC1)CN(c1cnc(N)nc1)C(=O)N2. The molecule has 0 bridgehead atoms. The number of carbonyl (C=O) groups is 2. The van der Waals surface area contributed by atoms with E-state index in [2.05, 4.69) is 58.5 Å². The number of urea groups is 1. The second kappa shape index (κ2) is 7.95. The van der Waals surface area contributed by atoms with Crippen molar-refractivity contribution in [1.29, 1.82) is 0 Å². The summed E-state index contributed by atoms with van der Waals surface area (Å²) in [4.78, 5) is 36.4. The monoisotopic (exact) mass is 468 g/mol. The Morgan fingerprint density at radius 3 is 2.52 bits per heavy atom. The lowest BCUT2D eigenvalue weighted by Crippen LogP contribution is -2.54. The van der Waals surface area contributed by atoms with Gasteiger partial charge in [-0.15, -0.1) is 0 Å². The minimum Gasteiger partial charge on any atom is -0.368 e. The van der Waals surface area contributed by atoms with Crippen molar-refractivity contribution in [3.8, 4) is 0 Å². The highest BCUT2D eigenvalue weighted by molar-refractivity contribution is 6.64. The Hall–Kier alpha value is -2.71. The van der Waals surface area contributed by atoms with Crippen molar-refractivity contribution in [2.45, 2.75) is 49.1 Å². The summed E-state index contributed by atoms with van der Waals surface area (Å²) >= 11 is 5.73. The first-order chi connectivity index (χ1) is 15.7. The van der Waals surface area contributed by atoms with Crippen LogP contribution in [0.1, 0.15) is 49.1 Å². The van der Waals surface area contributed by atoms with E-state index < -0.39 is 0 Å². The molecule has 2 amide bonds. The molecule has 1 aromatic heterocycles. The number of hydrogen-bond donors (Lipinski definition) is 2. The van der Waals surface area contributed by atoms with E-state index in [4.69, 9.17) is 17.3 Å². The van der Waals surface area contributed by atoms with E-state index in [-0.39, 0.29) is 40.1 Å². The van der Waals surface area contributed by atoms with Crippen molar-refractivity contribution in [2.24, 2.45) is 5.92 Å². The van der Waals surface area contributed by atoms with Gasteiger partial charge < -0.3 is 11.1 Å². The molecule has 174 valence electrons. The molecule has 0 radical (unpaired) electrons. The summed E-state index contributed by atoms with van der Waals surface area (Å²) in [6, 6.07) is 8.52. The number of nitrogen functional groups attached to an aromatic ring is 1. The number of nitrogens with zero attached hydrogens (tertiary/aromatic N) is 4. The first-order valence-electron chi connectivity index (χ1n) is 11.4. The highest BCUT2D eigenvalue weighted by Crippen LogP contribution is 2.51. The number of amides is 2. The predicted octanol–water partition coefficient (Wildman–Crippen LogP) is 3.23. The van der Waals surface area contributed by atoms with Crippen LogP contribution in [0.15, 0.2) is 36.7 Å². The number of halogens is 1. The van der Waals surface area contributed by atoms with E-state index in [9.17, 15) is 9.59 Å². The Kier molecular flexibility index (Phi) is 5.33. The number of aromatic nitrogens is 2. The molecule has 2 unspecified atom stereocenters.